The average molecular weight is 322 g/mol. The SMILES string of the molecule is N=C(N)c1ccc(-c2[nH]c3cc(C(=N)N)ccc3c2[N+](=O)[O-])cc1. The van der Waals surface area contributed by atoms with E-state index < -0.39 is 4.92 Å². The molecule has 0 aliphatic heterocycles. The zero-order valence-corrected chi connectivity index (χ0v) is 12.5. The van der Waals surface area contributed by atoms with E-state index in [1.165, 1.54) is 0 Å². The summed E-state index contributed by atoms with van der Waals surface area (Å²) >= 11 is 0. The third kappa shape index (κ3) is 2.45. The Labute approximate surface area is 136 Å². The fourth-order valence-corrected chi connectivity index (χ4v) is 2.57. The summed E-state index contributed by atoms with van der Waals surface area (Å²) in [6, 6.07) is 11.4. The highest BCUT2D eigenvalue weighted by molar-refractivity contribution is 6.03. The molecule has 0 aliphatic carbocycles. The molecule has 0 fully saturated rings. The molecule has 3 aromatic rings. The van der Waals surface area contributed by atoms with E-state index in [0.29, 0.717) is 33.3 Å². The Hall–Kier alpha value is -3.68. The number of benzene rings is 2. The van der Waals surface area contributed by atoms with Crippen molar-refractivity contribution >= 4 is 28.3 Å². The molecule has 0 saturated heterocycles. The van der Waals surface area contributed by atoms with Crippen LogP contribution in [0.15, 0.2) is 42.5 Å². The molecule has 0 bridgehead atoms. The van der Waals surface area contributed by atoms with Crippen molar-refractivity contribution in [1.29, 1.82) is 10.8 Å². The van der Waals surface area contributed by atoms with Gasteiger partial charge in [0.25, 0.3) is 0 Å². The highest BCUT2D eigenvalue weighted by Gasteiger charge is 2.23. The zero-order chi connectivity index (χ0) is 17.4. The van der Waals surface area contributed by atoms with Crippen LogP contribution in [-0.4, -0.2) is 21.6 Å². The molecular weight excluding hydrogens is 308 g/mol. The molecule has 0 unspecified atom stereocenters. The van der Waals surface area contributed by atoms with Gasteiger partial charge in [-0.3, -0.25) is 20.9 Å². The summed E-state index contributed by atoms with van der Waals surface area (Å²) < 4.78 is 0. The van der Waals surface area contributed by atoms with Crippen molar-refractivity contribution in [2.24, 2.45) is 11.5 Å². The molecule has 0 atom stereocenters. The van der Waals surface area contributed by atoms with Crippen LogP contribution in [0.3, 0.4) is 0 Å². The van der Waals surface area contributed by atoms with Gasteiger partial charge in [-0.1, -0.05) is 30.3 Å². The first kappa shape index (κ1) is 15.2. The van der Waals surface area contributed by atoms with E-state index in [1.54, 1.807) is 42.5 Å². The van der Waals surface area contributed by atoms with Crippen LogP contribution in [0.5, 0.6) is 0 Å². The average Bonchev–Trinajstić information content (AvgIpc) is 2.93. The number of aromatic nitrogens is 1. The quantitative estimate of drug-likeness (QED) is 0.216. The van der Waals surface area contributed by atoms with Crippen molar-refractivity contribution in [3.8, 4) is 11.3 Å². The van der Waals surface area contributed by atoms with Crippen molar-refractivity contribution < 1.29 is 4.92 Å². The van der Waals surface area contributed by atoms with Crippen LogP contribution in [0.1, 0.15) is 11.1 Å². The van der Waals surface area contributed by atoms with E-state index in [-0.39, 0.29) is 17.4 Å². The van der Waals surface area contributed by atoms with Crippen molar-refractivity contribution in [2.75, 3.05) is 0 Å². The maximum Gasteiger partial charge on any atom is 0.302 e. The maximum atomic E-state index is 11.5. The molecule has 8 nitrogen and oxygen atoms in total. The van der Waals surface area contributed by atoms with Crippen LogP contribution in [-0.2, 0) is 0 Å². The molecule has 1 heterocycles. The highest BCUT2D eigenvalue weighted by Crippen LogP contribution is 2.37. The van der Waals surface area contributed by atoms with Gasteiger partial charge in [-0.2, -0.15) is 0 Å². The van der Waals surface area contributed by atoms with Crippen LogP contribution in [0, 0.1) is 20.9 Å². The topological polar surface area (TPSA) is 159 Å². The van der Waals surface area contributed by atoms with Crippen LogP contribution in [0.2, 0.25) is 0 Å². The molecule has 3 rings (SSSR count). The minimum atomic E-state index is -0.444. The first-order valence-electron chi connectivity index (χ1n) is 6.98. The van der Waals surface area contributed by atoms with Crippen LogP contribution in [0.25, 0.3) is 22.2 Å². The zero-order valence-electron chi connectivity index (χ0n) is 12.5. The first-order chi connectivity index (χ1) is 11.4. The van der Waals surface area contributed by atoms with Gasteiger partial charge in [0.2, 0.25) is 0 Å². The minimum absolute atomic E-state index is 0.0457. The van der Waals surface area contributed by atoms with E-state index in [9.17, 15) is 10.1 Å². The Kier molecular flexibility index (Phi) is 3.49. The third-order valence-electron chi connectivity index (χ3n) is 3.75. The molecule has 7 N–H and O–H groups in total. The monoisotopic (exact) mass is 322 g/mol. The Morgan fingerprint density at radius 3 is 2.12 bits per heavy atom. The maximum absolute atomic E-state index is 11.5. The van der Waals surface area contributed by atoms with Crippen molar-refractivity contribution in [3.05, 3.63) is 63.7 Å². The van der Waals surface area contributed by atoms with E-state index in [1.807, 2.05) is 0 Å². The van der Waals surface area contributed by atoms with Gasteiger partial charge in [-0.05, 0) is 12.1 Å². The summed E-state index contributed by atoms with van der Waals surface area (Å²) in [5.41, 5.74) is 13.4. The van der Waals surface area contributed by atoms with Crippen LogP contribution >= 0.6 is 0 Å². The number of nitrogens with one attached hydrogen (secondary N) is 3. The third-order valence-corrected chi connectivity index (χ3v) is 3.75. The first-order valence-corrected chi connectivity index (χ1v) is 6.98. The van der Waals surface area contributed by atoms with Gasteiger partial charge >= 0.3 is 5.69 Å². The Morgan fingerprint density at radius 2 is 1.58 bits per heavy atom. The molecule has 120 valence electrons. The van der Waals surface area contributed by atoms with Gasteiger partial charge in [0.15, 0.2) is 0 Å². The number of hydrogen-bond donors (Lipinski definition) is 5. The van der Waals surface area contributed by atoms with Gasteiger partial charge in [0, 0.05) is 16.7 Å². The second-order valence-electron chi connectivity index (χ2n) is 5.27. The van der Waals surface area contributed by atoms with Gasteiger partial charge < -0.3 is 16.5 Å². The minimum Gasteiger partial charge on any atom is -0.384 e. The number of H-pyrrole nitrogens is 1. The molecule has 24 heavy (non-hydrogen) atoms. The highest BCUT2D eigenvalue weighted by atomic mass is 16.6. The molecule has 1 aromatic heterocycles. The predicted octanol–water partition coefficient (Wildman–Crippen LogP) is 2.31. The molecule has 2 aromatic carbocycles. The smallest absolute Gasteiger partial charge is 0.302 e. The lowest BCUT2D eigenvalue weighted by Crippen LogP contribution is -2.10. The summed E-state index contributed by atoms with van der Waals surface area (Å²) in [4.78, 5) is 14.1. The normalized spacial score (nSPS) is 10.7. The molecular formula is C16H14N6O2. The van der Waals surface area contributed by atoms with Crippen molar-refractivity contribution in [2.45, 2.75) is 0 Å². The Bertz CT molecular complexity index is 988. The lowest BCUT2D eigenvalue weighted by molar-refractivity contribution is -0.382. The fourth-order valence-electron chi connectivity index (χ4n) is 2.57. The van der Waals surface area contributed by atoms with E-state index >= 15 is 0 Å². The summed E-state index contributed by atoms with van der Waals surface area (Å²) in [5.74, 6) is -0.180. The fraction of sp³-hybridized carbons (Fsp3) is 0. The number of fused-ring (bicyclic) bond motifs is 1. The second kappa shape index (κ2) is 5.51. The van der Waals surface area contributed by atoms with Crippen molar-refractivity contribution in [1.82, 2.24) is 4.98 Å². The van der Waals surface area contributed by atoms with Crippen LogP contribution in [0.4, 0.5) is 5.69 Å². The number of rotatable bonds is 4. The second-order valence-corrected chi connectivity index (χ2v) is 5.27. The van der Waals surface area contributed by atoms with Gasteiger partial charge in [-0.25, -0.2) is 0 Å². The van der Waals surface area contributed by atoms with E-state index in [0.717, 1.165) is 0 Å². The molecule has 0 spiro atoms. The number of nitro groups is 1. The van der Waals surface area contributed by atoms with Crippen molar-refractivity contribution in [3.63, 3.8) is 0 Å². The number of hydrogen-bond acceptors (Lipinski definition) is 4. The summed E-state index contributed by atoms with van der Waals surface area (Å²) in [5, 5.41) is 26.9. The predicted molar refractivity (Wildman–Crippen MR) is 92.4 cm³/mol. The molecule has 8 heteroatoms. The summed E-state index contributed by atoms with van der Waals surface area (Å²) in [6.07, 6.45) is 0. The van der Waals surface area contributed by atoms with Gasteiger partial charge in [-0.15, -0.1) is 0 Å². The van der Waals surface area contributed by atoms with Crippen LogP contribution < -0.4 is 11.5 Å². The standard InChI is InChI=1S/C16H14N6O2/c17-15(18)9-3-1-8(2-4-9)13-14(22(23)24)11-6-5-10(16(19)20)7-12(11)21-13/h1-7,21H,(H3,17,18)(H3,19,20). The lowest BCUT2D eigenvalue weighted by atomic mass is 10.1. The summed E-state index contributed by atoms with van der Waals surface area (Å²) in [7, 11) is 0. The van der Waals surface area contributed by atoms with Gasteiger partial charge in [0.05, 0.1) is 15.8 Å². The number of amidine groups is 2. The Morgan fingerprint density at radius 1 is 1.00 bits per heavy atom. The lowest BCUT2D eigenvalue weighted by Gasteiger charge is -2.01. The summed E-state index contributed by atoms with van der Waals surface area (Å²) in [6.45, 7) is 0. The van der Waals surface area contributed by atoms with E-state index in [4.69, 9.17) is 22.3 Å². The molecule has 0 amide bonds. The Balaban J connectivity index is 2.22. The molecule has 0 saturated carbocycles. The number of nitrogen functional groups attached to an aromatic ring is 2. The molecule has 0 aliphatic rings. The number of aromatic amines is 1. The number of nitrogens with zero attached hydrogens (tertiary/aromatic N) is 1. The number of nitrogens with two attached hydrogens (primary N) is 2. The molecule has 0 radical (unpaired) electrons. The van der Waals surface area contributed by atoms with Gasteiger partial charge in [0.1, 0.15) is 17.4 Å². The van der Waals surface area contributed by atoms with E-state index in [2.05, 4.69) is 4.98 Å². The largest absolute Gasteiger partial charge is 0.384 e.